The smallest absolute Gasteiger partial charge is 0.287 e. The number of nitrogens with zero attached hydrogens (tertiary/aromatic N) is 12. The summed E-state index contributed by atoms with van der Waals surface area (Å²) in [4.78, 5) is 0. The number of hydrogen-bond acceptors (Lipinski definition) is 6. The van der Waals surface area contributed by atoms with Gasteiger partial charge in [0.1, 0.15) is 0 Å². The fourth-order valence-corrected chi connectivity index (χ4v) is 186. The molecule has 0 unspecified atom stereocenters. The van der Waals surface area contributed by atoms with Crippen molar-refractivity contribution in [2.75, 3.05) is 0 Å². The number of aryl methyl sites for hydroxylation is 1. The zero-order chi connectivity index (χ0) is 55.9. The van der Waals surface area contributed by atoms with E-state index < -0.39 is 45.5 Å². The predicted octanol–water partition coefficient (Wildman–Crippen LogP) is 13.6. The molecule has 12 nitrogen and oxygen atoms in total. The van der Waals surface area contributed by atoms with E-state index in [9.17, 15) is 0 Å². The first-order valence-electron chi connectivity index (χ1n) is 25.9. The Morgan fingerprint density at radius 1 is 0.316 bits per heavy atom. The monoisotopic (exact) mass is 1470 g/mol. The topological polar surface area (TPSA) is 107 Å². The first-order valence-corrected chi connectivity index (χ1v) is 55.9. The molecule has 24 heteroatoms. The first-order chi connectivity index (χ1) is 35.0. The summed E-state index contributed by atoms with van der Waals surface area (Å²) in [5.41, 5.74) is 1.32. The van der Waals surface area contributed by atoms with Gasteiger partial charge in [-0.3, -0.25) is 42.8 Å². The fraction of sp³-hybridized carbons (Fsp3) is 0.345. The van der Waals surface area contributed by atoms with E-state index in [-0.39, 0.29) is 87.8 Å². The summed E-state index contributed by atoms with van der Waals surface area (Å²) >= 11 is 0. The van der Waals surface area contributed by atoms with Gasteiger partial charge in [0.15, 0.2) is 12.6 Å². The van der Waals surface area contributed by atoms with Crippen molar-refractivity contribution in [3.8, 4) is 0 Å². The van der Waals surface area contributed by atoms with E-state index in [0.717, 1.165) is 12.6 Å². The van der Waals surface area contributed by atoms with Crippen LogP contribution in [0.25, 0.3) is 0 Å². The van der Waals surface area contributed by atoms with Crippen LogP contribution in [-0.4, -0.2) is 119 Å². The number of benzene rings is 1. The van der Waals surface area contributed by atoms with Crippen LogP contribution >= 0.6 is 0 Å². The largest absolute Gasteiger partial charge is 2.00 e. The zero-order valence-electron chi connectivity index (χ0n) is 50.2. The minimum Gasteiger partial charge on any atom is -0.287 e. The molecular formula is C55H90Cu2N12Ru2Si8. The molecule has 0 N–H and O–H groups in total. The Labute approximate surface area is 531 Å². The number of rotatable bonds is 12. The summed E-state index contributed by atoms with van der Waals surface area (Å²) in [6.07, 6.45) is 22.8. The van der Waals surface area contributed by atoms with Gasteiger partial charge in [0.05, 0.1) is 0 Å². The summed E-state index contributed by atoms with van der Waals surface area (Å²) in [7, 11) is -4.94. The molecule has 440 valence electrons. The van der Waals surface area contributed by atoms with Crippen LogP contribution in [0.1, 0.15) is 5.56 Å². The molecule has 6 heterocycles. The van der Waals surface area contributed by atoms with Gasteiger partial charge in [-0.1, -0.05) is 190 Å². The molecule has 6 aromatic heterocycles. The second-order valence-electron chi connectivity index (χ2n) is 24.1. The van der Waals surface area contributed by atoms with Crippen LogP contribution in [0.4, 0.5) is 0 Å². The van der Waals surface area contributed by atoms with Crippen molar-refractivity contribution in [2.24, 2.45) is 0 Å². The first kappa shape index (κ1) is 78.0. The summed E-state index contributed by atoms with van der Waals surface area (Å²) in [5.74, 6) is 0. The van der Waals surface area contributed by atoms with Crippen molar-refractivity contribution in [3.05, 3.63) is 220 Å². The minimum atomic E-state index is -0.832. The van der Waals surface area contributed by atoms with Crippen molar-refractivity contribution in [1.82, 2.24) is 58.7 Å². The van der Waals surface area contributed by atoms with E-state index in [2.05, 4.69) is 167 Å². The van der Waals surface area contributed by atoms with E-state index in [1.54, 1.807) is 65.3 Å². The molecule has 0 spiro atoms. The van der Waals surface area contributed by atoms with Crippen LogP contribution in [0.3, 0.4) is 0 Å². The standard InChI is InChI=1S/2C10H9N6.2C9H27Si4.C7H8.2C5H5.2Cu.2Ru/c2*1-4-11-14(7-1)10(15-8-2-5-12-15)16-9-3-6-13-16;2*1-11(2,3)10(12(4,5)6)13(7,8)9;1-7-5-3-2-4-6-7;2*1-2-4-5-3-1;;;;/h2*1-9H;2*1-9H3;2-6H,1H3;2*1-5H;;;;/q4*-1;;2*-1;2*+2;2*+1. The van der Waals surface area contributed by atoms with Crippen LogP contribution in [0.5, 0.6) is 0 Å². The van der Waals surface area contributed by atoms with Gasteiger partial charge in [-0.2, -0.15) is 67.0 Å². The van der Waals surface area contributed by atoms with E-state index in [1.807, 2.05) is 152 Å². The molecule has 0 saturated carbocycles. The molecule has 0 aliphatic heterocycles. The molecule has 0 aliphatic rings. The Hall–Kier alpha value is -3.06. The Balaban J connectivity index is 0. The summed E-state index contributed by atoms with van der Waals surface area (Å²) in [6.45, 7) is 49.0. The Bertz CT molecular complexity index is 2260. The zero-order valence-corrected chi connectivity index (χ0v) is 63.6. The molecule has 0 atom stereocenters. The molecule has 0 amide bonds. The van der Waals surface area contributed by atoms with Crippen molar-refractivity contribution >= 4 is 60.2 Å². The van der Waals surface area contributed by atoms with Gasteiger partial charge in [-0.05, 0) is 44.1 Å². The molecule has 0 fully saturated rings. The Morgan fingerprint density at radius 2 is 0.506 bits per heavy atom. The van der Waals surface area contributed by atoms with E-state index in [4.69, 9.17) is 0 Å². The van der Waals surface area contributed by atoms with Crippen molar-refractivity contribution < 1.29 is 73.1 Å². The maximum atomic E-state index is 4.19. The maximum absolute atomic E-state index is 4.19. The second kappa shape index (κ2) is 37.2. The van der Waals surface area contributed by atoms with E-state index >= 15 is 0 Å². The molecule has 0 bridgehead atoms. The summed E-state index contributed by atoms with van der Waals surface area (Å²) in [6, 6.07) is 41.4. The number of hydrogen-bond donors (Lipinski definition) is 0. The van der Waals surface area contributed by atoms with Gasteiger partial charge in [0.2, 0.25) is 0 Å². The van der Waals surface area contributed by atoms with Crippen LogP contribution in [-0.2, 0) is 73.1 Å². The van der Waals surface area contributed by atoms with E-state index in [1.165, 1.54) is 5.56 Å². The predicted molar refractivity (Wildman–Crippen MR) is 339 cm³/mol. The number of aromatic nitrogens is 12. The van der Waals surface area contributed by atoms with Crippen molar-refractivity contribution in [2.45, 2.75) is 125 Å². The van der Waals surface area contributed by atoms with Crippen LogP contribution in [0, 0.1) is 19.5 Å². The van der Waals surface area contributed by atoms with Gasteiger partial charge in [-0.25, -0.2) is 24.3 Å². The molecule has 3 aromatic carbocycles. The van der Waals surface area contributed by atoms with Gasteiger partial charge in [0, 0.05) is 37.2 Å². The molecular weight excluding hydrogens is 1380 g/mol. The minimum absolute atomic E-state index is 0. The maximum Gasteiger partial charge on any atom is 2.00 e. The molecule has 0 aliphatic carbocycles. The third kappa shape index (κ3) is 29.2. The SMILES string of the molecule is C[Si](C)(C)[Si-]([Si](C)(C)C)[Si](C)(C)C.C[Si](C)(C)[Si-]([Si](C)(C)C)[Si](C)(C)C.Cc1ccccc1.[Cu+2].[Cu+2].[Ru+].[Ru+].c1cc[cH-]c1.c1cc[cH-]c1.c1cnn([C-](n2cccn2)n2cccn2)c1.c1cnn([C-](n2cccn2)n2cccn2)c1. The third-order valence-corrected chi connectivity index (χ3v) is 128. The molecule has 9 aromatic rings. The van der Waals surface area contributed by atoms with Crippen molar-refractivity contribution in [3.63, 3.8) is 0 Å². The second-order valence-corrected chi connectivity index (χ2v) is 97.6. The fourth-order valence-electron chi connectivity index (χ4n) is 10.9. The van der Waals surface area contributed by atoms with Crippen LogP contribution in [0.15, 0.2) is 202 Å². The van der Waals surface area contributed by atoms with Crippen molar-refractivity contribution in [1.29, 1.82) is 0 Å². The normalized spacial score (nSPS) is 11.1. The van der Waals surface area contributed by atoms with E-state index in [0.29, 0.717) is 0 Å². The van der Waals surface area contributed by atoms with Crippen LogP contribution in [0.2, 0.25) is 118 Å². The summed E-state index contributed by atoms with van der Waals surface area (Å²) < 4.78 is 10.2. The average Bonchev–Trinajstić information content (AvgIpc) is 4.16. The van der Waals surface area contributed by atoms with Gasteiger partial charge >= 0.3 is 73.1 Å². The molecule has 79 heavy (non-hydrogen) atoms. The summed E-state index contributed by atoms with van der Waals surface area (Å²) in [5, 5.41) is 25.1. The Morgan fingerprint density at radius 3 is 0.595 bits per heavy atom. The molecule has 9 rings (SSSR count). The van der Waals surface area contributed by atoms with Gasteiger partial charge in [-0.15, -0.1) is 45.5 Å². The molecule has 4 radical (unpaired) electrons. The van der Waals surface area contributed by atoms with Gasteiger partial charge in [0.25, 0.3) is 0 Å². The average molecular weight is 1470 g/mol. The third-order valence-electron chi connectivity index (χ3n) is 10.8. The molecule has 0 saturated heterocycles. The quantitative estimate of drug-likeness (QED) is 0.0891. The van der Waals surface area contributed by atoms with Crippen LogP contribution < -0.4 is 0 Å². The Kier molecular flexibility index (Phi) is 36.7. The van der Waals surface area contributed by atoms with Gasteiger partial charge < -0.3 is 0 Å².